The van der Waals surface area contributed by atoms with Crippen molar-refractivity contribution >= 4 is 28.5 Å². The van der Waals surface area contributed by atoms with Crippen LogP contribution in [0.15, 0.2) is 30.3 Å². The van der Waals surface area contributed by atoms with E-state index in [4.69, 9.17) is 15.2 Å². The van der Waals surface area contributed by atoms with Gasteiger partial charge in [0.15, 0.2) is 5.82 Å². The van der Waals surface area contributed by atoms with Gasteiger partial charge in [-0.1, -0.05) is 12.1 Å². The number of likely N-dealkylation sites (tertiary alicyclic amines) is 1. The van der Waals surface area contributed by atoms with E-state index in [0.29, 0.717) is 30.2 Å². The average molecular weight is 374 g/mol. The lowest BCUT2D eigenvalue weighted by molar-refractivity contribution is 0.307. The van der Waals surface area contributed by atoms with Crippen molar-refractivity contribution in [3.63, 3.8) is 0 Å². The molecule has 3 aromatic rings. The van der Waals surface area contributed by atoms with E-state index in [2.05, 4.69) is 31.8 Å². The normalized spacial score (nSPS) is 23.4. The molecule has 2 aliphatic rings. The third-order valence-electron chi connectivity index (χ3n) is 5.66. The Labute approximate surface area is 163 Å². The molecule has 5 rings (SSSR count). The number of nitrogens with one attached hydrogen (secondary N) is 3. The van der Waals surface area contributed by atoms with E-state index in [1.54, 1.807) is 0 Å². The smallest absolute Gasteiger partial charge is 0.225 e. The predicted octanol–water partition coefficient (Wildman–Crippen LogP) is 2.66. The van der Waals surface area contributed by atoms with Gasteiger partial charge in [-0.25, -0.2) is 4.98 Å². The summed E-state index contributed by atoms with van der Waals surface area (Å²) in [6.07, 6.45) is 0.604. The molecule has 0 spiro atoms. The van der Waals surface area contributed by atoms with E-state index in [0.717, 1.165) is 47.9 Å². The molecule has 0 unspecified atom stereocenters. The fourth-order valence-electron chi connectivity index (χ4n) is 4.21. The number of hydrogen-bond donors (Lipinski definition) is 3. The minimum atomic E-state index is 0.417. The average Bonchev–Trinajstić information content (AvgIpc) is 3.02. The van der Waals surface area contributed by atoms with Gasteiger partial charge in [0.25, 0.3) is 0 Å². The maximum Gasteiger partial charge on any atom is 0.225 e. The lowest BCUT2D eigenvalue weighted by atomic mass is 10.2. The Kier molecular flexibility index (Phi) is 4.10. The zero-order chi connectivity index (χ0) is 19.1. The van der Waals surface area contributed by atoms with Gasteiger partial charge in [0.05, 0.1) is 11.6 Å². The van der Waals surface area contributed by atoms with Crippen LogP contribution in [-0.2, 0) is 0 Å². The summed E-state index contributed by atoms with van der Waals surface area (Å²) >= 11 is 0. The number of aromatic amines is 1. The summed E-state index contributed by atoms with van der Waals surface area (Å²) in [5, 5.41) is 23.8. The number of rotatable bonds is 6. The number of benzene rings is 1. The highest BCUT2D eigenvalue weighted by atomic mass is 15.3. The lowest BCUT2D eigenvalue weighted by Gasteiger charge is -2.18. The molecule has 8 heteroatoms. The standard InChI is InChI=1S/C20H22N8/c1-12-9-17(27-26-12)23-19-13-5-2-3-6-16(13)22-20(25-19)24-18-14-10-28(8-4-7-21)11-15(14)18/h2-3,5-6,9,14-15,18H,4,8,10-11H2,1H3,(H3,22,23,24,25,26,27)/t14-,15+,18-. The van der Waals surface area contributed by atoms with Crippen LogP contribution in [0.2, 0.25) is 0 Å². The lowest BCUT2D eigenvalue weighted by Crippen LogP contribution is -2.29. The summed E-state index contributed by atoms with van der Waals surface area (Å²) in [5.74, 6) is 3.39. The van der Waals surface area contributed by atoms with Gasteiger partial charge in [-0.05, 0) is 30.9 Å². The zero-order valence-corrected chi connectivity index (χ0v) is 15.7. The second-order valence-electron chi connectivity index (χ2n) is 7.64. The second kappa shape index (κ2) is 6.77. The molecule has 1 aliphatic heterocycles. The molecule has 3 N–H and O–H groups in total. The molecule has 8 nitrogen and oxygen atoms in total. The fourth-order valence-corrected chi connectivity index (χ4v) is 4.21. The molecule has 3 atom stereocenters. The Balaban J connectivity index is 1.34. The highest BCUT2D eigenvalue weighted by Gasteiger charge is 2.55. The van der Waals surface area contributed by atoms with Gasteiger partial charge in [0.2, 0.25) is 5.95 Å². The maximum absolute atomic E-state index is 8.75. The summed E-state index contributed by atoms with van der Waals surface area (Å²) in [6, 6.07) is 12.6. The van der Waals surface area contributed by atoms with E-state index in [1.807, 2.05) is 37.3 Å². The first-order chi connectivity index (χ1) is 13.7. The molecule has 2 aromatic heterocycles. The van der Waals surface area contributed by atoms with Crippen LogP contribution in [-0.4, -0.2) is 50.7 Å². The van der Waals surface area contributed by atoms with E-state index >= 15 is 0 Å². The van der Waals surface area contributed by atoms with Crippen molar-refractivity contribution in [3.05, 3.63) is 36.0 Å². The largest absolute Gasteiger partial charge is 0.351 e. The highest BCUT2D eigenvalue weighted by Crippen LogP contribution is 2.47. The zero-order valence-electron chi connectivity index (χ0n) is 15.7. The van der Waals surface area contributed by atoms with Gasteiger partial charge in [-0.3, -0.25) is 5.10 Å². The van der Waals surface area contributed by atoms with Gasteiger partial charge < -0.3 is 15.5 Å². The first-order valence-electron chi connectivity index (χ1n) is 9.63. The Bertz CT molecular complexity index is 1040. The summed E-state index contributed by atoms with van der Waals surface area (Å²) in [7, 11) is 0. The van der Waals surface area contributed by atoms with Gasteiger partial charge >= 0.3 is 0 Å². The van der Waals surface area contributed by atoms with Crippen molar-refractivity contribution in [2.45, 2.75) is 19.4 Å². The van der Waals surface area contributed by atoms with Crippen LogP contribution < -0.4 is 10.6 Å². The van der Waals surface area contributed by atoms with Gasteiger partial charge in [-0.2, -0.15) is 15.3 Å². The number of H-pyrrole nitrogens is 1. The van der Waals surface area contributed by atoms with Gasteiger partial charge in [0, 0.05) is 49.2 Å². The molecule has 2 fully saturated rings. The van der Waals surface area contributed by atoms with Crippen LogP contribution in [0.3, 0.4) is 0 Å². The van der Waals surface area contributed by atoms with Crippen molar-refractivity contribution in [2.75, 3.05) is 30.3 Å². The number of nitriles is 1. The molecule has 0 radical (unpaired) electrons. The summed E-state index contributed by atoms with van der Waals surface area (Å²) < 4.78 is 0. The Hall–Kier alpha value is -3.18. The van der Waals surface area contributed by atoms with Crippen molar-refractivity contribution in [2.24, 2.45) is 11.8 Å². The number of hydrogen-bond acceptors (Lipinski definition) is 7. The third kappa shape index (κ3) is 3.14. The molecule has 28 heavy (non-hydrogen) atoms. The first-order valence-corrected chi connectivity index (χ1v) is 9.63. The monoisotopic (exact) mass is 374 g/mol. The van der Waals surface area contributed by atoms with Crippen LogP contribution in [0.1, 0.15) is 12.1 Å². The molecule has 1 saturated heterocycles. The highest BCUT2D eigenvalue weighted by molar-refractivity contribution is 5.91. The molecule has 1 aromatic carbocycles. The number of aryl methyl sites for hydroxylation is 1. The van der Waals surface area contributed by atoms with Gasteiger partial charge in [-0.15, -0.1) is 0 Å². The van der Waals surface area contributed by atoms with E-state index < -0.39 is 0 Å². The number of aromatic nitrogens is 4. The van der Waals surface area contributed by atoms with Crippen LogP contribution in [0.25, 0.3) is 10.9 Å². The number of fused-ring (bicyclic) bond motifs is 2. The van der Waals surface area contributed by atoms with Crippen LogP contribution >= 0.6 is 0 Å². The SMILES string of the molecule is Cc1cc(Nc2nc(N[C@@H]3[C@@H]4CN(CCC#N)C[C@@H]43)nc3ccccc23)n[nH]1. The number of para-hydroxylation sites is 1. The number of nitrogens with zero attached hydrogens (tertiary/aromatic N) is 5. The Morgan fingerprint density at radius 1 is 1.25 bits per heavy atom. The van der Waals surface area contributed by atoms with E-state index in [-0.39, 0.29) is 0 Å². The number of anilines is 3. The fraction of sp³-hybridized carbons (Fsp3) is 0.400. The summed E-state index contributed by atoms with van der Waals surface area (Å²) in [4.78, 5) is 11.8. The third-order valence-corrected chi connectivity index (χ3v) is 5.66. The molecular weight excluding hydrogens is 352 g/mol. The van der Waals surface area contributed by atoms with Gasteiger partial charge in [0.1, 0.15) is 5.82 Å². The molecule has 142 valence electrons. The number of piperidine rings is 1. The second-order valence-corrected chi connectivity index (χ2v) is 7.64. The van der Waals surface area contributed by atoms with Crippen molar-refractivity contribution in [3.8, 4) is 6.07 Å². The minimum absolute atomic E-state index is 0.417. The quantitative estimate of drug-likeness (QED) is 0.609. The molecule has 3 heterocycles. The van der Waals surface area contributed by atoms with Crippen molar-refractivity contribution < 1.29 is 0 Å². The van der Waals surface area contributed by atoms with E-state index in [9.17, 15) is 0 Å². The van der Waals surface area contributed by atoms with Crippen molar-refractivity contribution in [1.82, 2.24) is 25.1 Å². The first kappa shape index (κ1) is 17.0. The van der Waals surface area contributed by atoms with Crippen molar-refractivity contribution in [1.29, 1.82) is 5.26 Å². The molecule has 0 amide bonds. The molecule has 1 saturated carbocycles. The molecule has 0 bridgehead atoms. The predicted molar refractivity (Wildman–Crippen MR) is 107 cm³/mol. The summed E-state index contributed by atoms with van der Waals surface area (Å²) in [5.41, 5.74) is 1.89. The molecular formula is C20H22N8. The van der Waals surface area contributed by atoms with Crippen LogP contribution in [0.5, 0.6) is 0 Å². The minimum Gasteiger partial charge on any atom is -0.351 e. The Morgan fingerprint density at radius 2 is 2.07 bits per heavy atom. The van der Waals surface area contributed by atoms with E-state index in [1.165, 1.54) is 0 Å². The molecule has 1 aliphatic carbocycles. The summed E-state index contributed by atoms with van der Waals surface area (Å²) in [6.45, 7) is 4.94. The van der Waals surface area contributed by atoms with Crippen LogP contribution in [0.4, 0.5) is 17.6 Å². The Morgan fingerprint density at radius 3 is 2.82 bits per heavy atom. The van der Waals surface area contributed by atoms with Crippen LogP contribution in [0, 0.1) is 30.1 Å². The maximum atomic E-state index is 8.75. The topological polar surface area (TPSA) is 106 Å².